The molecule has 1 N–H and O–H groups in total. The summed E-state index contributed by atoms with van der Waals surface area (Å²) in [5.41, 5.74) is 1.40. The van der Waals surface area contributed by atoms with Gasteiger partial charge in [0.05, 0.1) is 11.5 Å². The van der Waals surface area contributed by atoms with Gasteiger partial charge in [0.25, 0.3) is 5.69 Å². The lowest BCUT2D eigenvalue weighted by atomic mass is 9.93. The minimum atomic E-state index is -1.04. The summed E-state index contributed by atoms with van der Waals surface area (Å²) in [6.45, 7) is 0.300. The highest BCUT2D eigenvalue weighted by Crippen LogP contribution is 2.33. The summed E-state index contributed by atoms with van der Waals surface area (Å²) in [6, 6.07) is 25.2. The third-order valence-electron chi connectivity index (χ3n) is 5.24. The molecule has 0 saturated carbocycles. The molecule has 0 bridgehead atoms. The number of rotatable bonds is 8. The average Bonchev–Trinajstić information content (AvgIpc) is 2.84. The first-order valence-corrected chi connectivity index (χ1v) is 10.2. The van der Waals surface area contributed by atoms with E-state index in [1.807, 2.05) is 54.6 Å². The van der Waals surface area contributed by atoms with Crippen LogP contribution in [0.5, 0.6) is 0 Å². The number of nitro groups is 1. The molecule has 0 amide bonds. The van der Waals surface area contributed by atoms with Gasteiger partial charge in [-0.1, -0.05) is 84.9 Å². The highest BCUT2D eigenvalue weighted by atomic mass is 16.6. The number of anilines is 1. The summed E-state index contributed by atoms with van der Waals surface area (Å²) in [5.74, 6) is -0.0794. The maximum Gasteiger partial charge on any atom is 0.292 e. The van der Waals surface area contributed by atoms with Gasteiger partial charge in [-0.25, -0.2) is 0 Å². The van der Waals surface area contributed by atoms with Crippen LogP contribution in [0.2, 0.25) is 0 Å². The fourth-order valence-corrected chi connectivity index (χ4v) is 3.54. The Morgan fingerprint density at radius 3 is 2.28 bits per heavy atom. The number of nitrogens with zero attached hydrogens (tertiary/aromatic N) is 1. The molecule has 3 aromatic rings. The van der Waals surface area contributed by atoms with E-state index in [-0.39, 0.29) is 11.5 Å². The first-order chi connectivity index (χ1) is 15.6. The number of ketones is 1. The average molecular weight is 426 g/mol. The maximum absolute atomic E-state index is 12.8. The first kappa shape index (κ1) is 21.2. The number of Topliss-reactive ketones (excluding diaryl/α,β-unsaturated/α-hetero) is 1. The van der Waals surface area contributed by atoms with Gasteiger partial charge in [0.15, 0.2) is 11.5 Å². The van der Waals surface area contributed by atoms with Crippen molar-refractivity contribution in [1.29, 1.82) is 0 Å². The fraction of sp³-hybridized carbons (Fsp3) is 0.115. The molecule has 1 atom stereocenters. The molecule has 3 aromatic carbocycles. The quantitative estimate of drug-likeness (QED) is 0.217. The number of carbonyl (C=O) groups is 1. The molecule has 0 spiro atoms. The van der Waals surface area contributed by atoms with Crippen LogP contribution in [0.3, 0.4) is 0 Å². The minimum Gasteiger partial charge on any atom is -0.348 e. The molecule has 32 heavy (non-hydrogen) atoms. The van der Waals surface area contributed by atoms with Gasteiger partial charge >= 0.3 is 0 Å². The molecule has 0 fully saturated rings. The Bertz CT molecular complexity index is 1170. The lowest BCUT2D eigenvalue weighted by molar-refractivity contribution is -0.384. The van der Waals surface area contributed by atoms with Crippen molar-refractivity contribution in [2.24, 2.45) is 0 Å². The van der Waals surface area contributed by atoms with Crippen LogP contribution >= 0.6 is 0 Å². The van der Waals surface area contributed by atoms with Gasteiger partial charge in [-0.3, -0.25) is 14.9 Å². The summed E-state index contributed by atoms with van der Waals surface area (Å²) in [7, 11) is 0. The van der Waals surface area contributed by atoms with E-state index in [0.717, 1.165) is 5.56 Å². The Balaban J connectivity index is 1.61. The summed E-state index contributed by atoms with van der Waals surface area (Å²) < 4.78 is 6.25. The molecule has 1 aliphatic carbocycles. The van der Waals surface area contributed by atoms with Crippen LogP contribution < -0.4 is 5.32 Å². The zero-order valence-electron chi connectivity index (χ0n) is 17.3. The molecule has 1 aliphatic rings. The lowest BCUT2D eigenvalue weighted by Crippen LogP contribution is -2.40. The standard InChI is InChI=1S/C26H22N2O4/c29-25(21-11-5-2-6-12-21)22-15-17-26(18-16-22,32-19-20-9-3-1-4-10-20)27-23-13-7-8-14-24(23)28(30)31/h1-17,27H,18-19H2. The number of ether oxygens (including phenoxy) is 1. The van der Waals surface area contributed by atoms with E-state index in [2.05, 4.69) is 5.32 Å². The lowest BCUT2D eigenvalue weighted by Gasteiger charge is -2.34. The summed E-state index contributed by atoms with van der Waals surface area (Å²) >= 11 is 0. The maximum atomic E-state index is 12.8. The first-order valence-electron chi connectivity index (χ1n) is 10.2. The summed E-state index contributed by atoms with van der Waals surface area (Å²) in [5, 5.41) is 14.7. The Labute approximate surface area is 186 Å². The number of benzene rings is 3. The van der Waals surface area contributed by atoms with Gasteiger partial charge in [0, 0.05) is 23.6 Å². The van der Waals surface area contributed by atoms with E-state index >= 15 is 0 Å². The Kier molecular flexibility index (Phi) is 6.24. The van der Waals surface area contributed by atoms with E-state index in [1.165, 1.54) is 6.07 Å². The Morgan fingerprint density at radius 2 is 1.62 bits per heavy atom. The Hall–Kier alpha value is -4.03. The van der Waals surface area contributed by atoms with Crippen LogP contribution in [-0.2, 0) is 11.3 Å². The van der Waals surface area contributed by atoms with Crippen LogP contribution in [0.25, 0.3) is 0 Å². The van der Waals surface area contributed by atoms with E-state index in [9.17, 15) is 14.9 Å². The minimum absolute atomic E-state index is 0.0428. The van der Waals surface area contributed by atoms with Crippen LogP contribution in [0.15, 0.2) is 109 Å². The number of nitrogens with one attached hydrogen (secondary N) is 1. The Morgan fingerprint density at radius 1 is 0.969 bits per heavy atom. The predicted octanol–water partition coefficient (Wildman–Crippen LogP) is 5.69. The molecule has 0 radical (unpaired) electrons. The van der Waals surface area contributed by atoms with Crippen molar-refractivity contribution in [3.05, 3.63) is 130 Å². The summed E-state index contributed by atoms with van der Waals surface area (Å²) in [4.78, 5) is 23.9. The molecule has 0 aromatic heterocycles. The van der Waals surface area contributed by atoms with Crippen LogP contribution in [0.1, 0.15) is 22.3 Å². The van der Waals surface area contributed by atoms with Crippen molar-refractivity contribution < 1.29 is 14.5 Å². The van der Waals surface area contributed by atoms with Crippen LogP contribution in [0.4, 0.5) is 11.4 Å². The number of allylic oxidation sites excluding steroid dienone is 2. The molecule has 0 saturated heterocycles. The highest BCUT2D eigenvalue weighted by molar-refractivity contribution is 6.10. The van der Waals surface area contributed by atoms with E-state index in [1.54, 1.807) is 42.5 Å². The van der Waals surface area contributed by atoms with Crippen molar-refractivity contribution in [3.63, 3.8) is 0 Å². The van der Waals surface area contributed by atoms with Crippen molar-refractivity contribution in [1.82, 2.24) is 0 Å². The largest absolute Gasteiger partial charge is 0.348 e. The highest BCUT2D eigenvalue weighted by Gasteiger charge is 2.32. The van der Waals surface area contributed by atoms with Crippen LogP contribution in [-0.4, -0.2) is 16.4 Å². The van der Waals surface area contributed by atoms with Gasteiger partial charge in [-0.2, -0.15) is 0 Å². The van der Waals surface area contributed by atoms with Gasteiger partial charge in [-0.15, -0.1) is 0 Å². The second-order valence-corrected chi connectivity index (χ2v) is 7.46. The number of para-hydroxylation sites is 2. The van der Waals surface area contributed by atoms with Crippen molar-refractivity contribution in [2.75, 3.05) is 5.32 Å². The van der Waals surface area contributed by atoms with Crippen LogP contribution in [0, 0.1) is 10.1 Å². The molecule has 6 nitrogen and oxygen atoms in total. The second kappa shape index (κ2) is 9.41. The number of nitro benzene ring substituents is 1. The van der Waals surface area contributed by atoms with Crippen molar-refractivity contribution in [2.45, 2.75) is 18.8 Å². The third kappa shape index (κ3) is 4.82. The van der Waals surface area contributed by atoms with Gasteiger partial charge in [0.1, 0.15) is 5.69 Å². The number of hydrogen-bond donors (Lipinski definition) is 1. The van der Waals surface area contributed by atoms with Crippen molar-refractivity contribution in [3.8, 4) is 0 Å². The van der Waals surface area contributed by atoms with E-state index in [4.69, 9.17) is 4.74 Å². The zero-order valence-corrected chi connectivity index (χ0v) is 17.3. The molecule has 0 aliphatic heterocycles. The zero-order chi connectivity index (χ0) is 22.4. The molecule has 4 rings (SSSR count). The van der Waals surface area contributed by atoms with E-state index in [0.29, 0.717) is 29.9 Å². The monoisotopic (exact) mass is 426 g/mol. The predicted molar refractivity (Wildman–Crippen MR) is 123 cm³/mol. The number of carbonyl (C=O) groups excluding carboxylic acids is 1. The molecule has 0 heterocycles. The fourth-order valence-electron chi connectivity index (χ4n) is 3.54. The van der Waals surface area contributed by atoms with Gasteiger partial charge in [-0.05, 0) is 17.7 Å². The van der Waals surface area contributed by atoms with Gasteiger partial charge in [0.2, 0.25) is 0 Å². The topological polar surface area (TPSA) is 81.5 Å². The summed E-state index contributed by atoms with van der Waals surface area (Å²) in [6.07, 6.45) is 5.62. The smallest absolute Gasteiger partial charge is 0.292 e. The molecular formula is C26H22N2O4. The second-order valence-electron chi connectivity index (χ2n) is 7.46. The SMILES string of the molecule is O=C(C1=CCC(Nc2ccccc2[N+](=O)[O-])(OCc2ccccc2)C=C1)c1ccccc1. The third-order valence-corrected chi connectivity index (χ3v) is 5.24. The molecule has 6 heteroatoms. The van der Waals surface area contributed by atoms with Crippen molar-refractivity contribution >= 4 is 17.2 Å². The molecule has 1 unspecified atom stereocenters. The number of hydrogen-bond acceptors (Lipinski definition) is 5. The van der Waals surface area contributed by atoms with E-state index < -0.39 is 10.6 Å². The van der Waals surface area contributed by atoms with Gasteiger partial charge < -0.3 is 10.1 Å². The normalized spacial score (nSPS) is 17.4. The molecule has 160 valence electrons. The molecular weight excluding hydrogens is 404 g/mol.